The molecule has 0 atom stereocenters. The molecule has 37 heavy (non-hydrogen) atoms. The quantitative estimate of drug-likeness (QED) is 0.263. The Kier molecular flexibility index (Phi) is 7.11. The van der Waals surface area contributed by atoms with Gasteiger partial charge in [-0.3, -0.25) is 9.69 Å². The second-order valence-corrected chi connectivity index (χ2v) is 9.51. The van der Waals surface area contributed by atoms with Crippen LogP contribution in [0.4, 0.5) is 0 Å². The predicted octanol–water partition coefficient (Wildman–Crippen LogP) is 6.38. The molecule has 0 radical (unpaired) electrons. The maximum Gasteiger partial charge on any atom is 0.337 e. The van der Waals surface area contributed by atoms with E-state index in [4.69, 9.17) is 41.8 Å². The summed E-state index contributed by atoms with van der Waals surface area (Å²) in [4.78, 5) is 27.2. The fourth-order valence-corrected chi connectivity index (χ4v) is 4.76. The molecular weight excluding hydrogens is 517 g/mol. The summed E-state index contributed by atoms with van der Waals surface area (Å²) in [6, 6.07) is 15.3. The van der Waals surface area contributed by atoms with Crippen LogP contribution in [0.2, 0.25) is 10.0 Å². The lowest BCUT2D eigenvalue weighted by molar-refractivity contribution is 0.0600. The molecule has 9 heteroatoms. The van der Waals surface area contributed by atoms with Crippen molar-refractivity contribution in [3.8, 4) is 17.2 Å². The van der Waals surface area contributed by atoms with Gasteiger partial charge in [-0.1, -0.05) is 29.3 Å². The fraction of sp³-hybridized carbons (Fsp3) is 0.214. The van der Waals surface area contributed by atoms with Crippen LogP contribution in [-0.2, 0) is 17.7 Å². The molecule has 7 nitrogen and oxygen atoms in total. The van der Waals surface area contributed by atoms with E-state index in [1.807, 2.05) is 12.1 Å². The molecule has 0 saturated heterocycles. The van der Waals surface area contributed by atoms with Crippen molar-refractivity contribution in [3.05, 3.63) is 97.3 Å². The zero-order chi connectivity index (χ0) is 26.1. The van der Waals surface area contributed by atoms with E-state index in [-0.39, 0.29) is 11.2 Å². The third-order valence-electron chi connectivity index (χ3n) is 6.24. The first-order chi connectivity index (χ1) is 17.8. The van der Waals surface area contributed by atoms with Gasteiger partial charge in [-0.05, 0) is 67.4 Å². The number of benzene rings is 3. The number of methoxy groups -OCH3 is 1. The summed E-state index contributed by atoms with van der Waals surface area (Å²) in [5, 5.41) is 1.63. The summed E-state index contributed by atoms with van der Waals surface area (Å²) in [7, 11) is 1.31. The van der Waals surface area contributed by atoms with Crippen LogP contribution in [0, 0.1) is 6.92 Å². The molecule has 0 saturated carbocycles. The van der Waals surface area contributed by atoms with Crippen molar-refractivity contribution in [2.75, 3.05) is 20.4 Å². The number of carbonyl (C=O) groups excluding carboxylic acids is 1. The monoisotopic (exact) mass is 539 g/mol. The van der Waals surface area contributed by atoms with Gasteiger partial charge in [0.05, 0.1) is 23.6 Å². The second kappa shape index (κ2) is 10.5. The highest BCUT2D eigenvalue weighted by Gasteiger charge is 2.24. The van der Waals surface area contributed by atoms with Crippen molar-refractivity contribution in [2.24, 2.45) is 0 Å². The Morgan fingerprint density at radius 2 is 1.86 bits per heavy atom. The van der Waals surface area contributed by atoms with Gasteiger partial charge in [0.1, 0.15) is 29.6 Å². The van der Waals surface area contributed by atoms with Gasteiger partial charge in [0.25, 0.3) is 0 Å². The van der Waals surface area contributed by atoms with E-state index in [2.05, 4.69) is 4.90 Å². The SMILES string of the molecule is COC(=O)c1ccc(Oc2c(C)oc3c4c(ccc3c2=O)OCN(CCc2ccc(Cl)cc2Cl)C4)cc1. The van der Waals surface area contributed by atoms with Gasteiger partial charge in [-0.15, -0.1) is 0 Å². The van der Waals surface area contributed by atoms with Gasteiger partial charge in [0, 0.05) is 23.1 Å². The molecule has 5 rings (SSSR count). The van der Waals surface area contributed by atoms with E-state index in [1.54, 1.807) is 49.4 Å². The Bertz CT molecular complexity index is 1550. The largest absolute Gasteiger partial charge is 0.478 e. The van der Waals surface area contributed by atoms with E-state index in [0.717, 1.165) is 17.5 Å². The van der Waals surface area contributed by atoms with Crippen molar-refractivity contribution < 1.29 is 23.4 Å². The van der Waals surface area contributed by atoms with Gasteiger partial charge in [0.2, 0.25) is 11.2 Å². The zero-order valence-corrected chi connectivity index (χ0v) is 21.7. The van der Waals surface area contributed by atoms with E-state index in [9.17, 15) is 9.59 Å². The molecular formula is C28H23Cl2NO6. The maximum absolute atomic E-state index is 13.4. The summed E-state index contributed by atoms with van der Waals surface area (Å²) in [5.41, 5.74) is 2.37. The summed E-state index contributed by atoms with van der Waals surface area (Å²) < 4.78 is 22.7. The number of ether oxygens (including phenoxy) is 3. The van der Waals surface area contributed by atoms with E-state index < -0.39 is 5.97 Å². The lowest BCUT2D eigenvalue weighted by atomic mass is 10.1. The highest BCUT2D eigenvalue weighted by Crippen LogP contribution is 2.34. The standard InChI is InChI=1S/C28H23Cl2NO6/c1-16-26(37-20-7-4-18(5-8-20)28(33)34-2)25(32)21-9-10-24-22(27(21)36-16)14-31(15-35-24)12-11-17-3-6-19(29)13-23(17)30/h3-10,13H,11-12,14-15H2,1-2H3. The van der Waals surface area contributed by atoms with Gasteiger partial charge >= 0.3 is 5.97 Å². The highest BCUT2D eigenvalue weighted by molar-refractivity contribution is 6.35. The normalized spacial score (nSPS) is 13.2. The summed E-state index contributed by atoms with van der Waals surface area (Å²) >= 11 is 12.3. The number of nitrogens with zero attached hydrogens (tertiary/aromatic N) is 1. The molecule has 0 fully saturated rings. The smallest absolute Gasteiger partial charge is 0.337 e. The summed E-state index contributed by atoms with van der Waals surface area (Å²) in [6.07, 6.45) is 0.717. The van der Waals surface area contributed by atoms with Crippen LogP contribution in [-0.4, -0.2) is 31.3 Å². The fourth-order valence-electron chi connectivity index (χ4n) is 4.26. The number of carbonyl (C=O) groups is 1. The number of halogens is 2. The van der Waals surface area contributed by atoms with Gasteiger partial charge in [-0.2, -0.15) is 0 Å². The minimum absolute atomic E-state index is 0.0873. The third kappa shape index (κ3) is 5.16. The van der Waals surface area contributed by atoms with Gasteiger partial charge in [-0.25, -0.2) is 4.79 Å². The van der Waals surface area contributed by atoms with Crippen molar-refractivity contribution in [2.45, 2.75) is 19.9 Å². The molecule has 190 valence electrons. The van der Waals surface area contributed by atoms with Crippen molar-refractivity contribution in [3.63, 3.8) is 0 Å². The predicted molar refractivity (Wildman–Crippen MR) is 141 cm³/mol. The maximum atomic E-state index is 13.4. The Morgan fingerprint density at radius 1 is 1.08 bits per heavy atom. The number of esters is 1. The molecule has 0 unspecified atom stereocenters. The topological polar surface area (TPSA) is 78.2 Å². The molecule has 1 aliphatic heterocycles. The molecule has 3 aromatic carbocycles. The number of hydrogen-bond donors (Lipinski definition) is 0. The second-order valence-electron chi connectivity index (χ2n) is 8.67. The van der Waals surface area contributed by atoms with Crippen molar-refractivity contribution >= 4 is 40.1 Å². The molecule has 4 aromatic rings. The average Bonchev–Trinajstić information content (AvgIpc) is 2.90. The molecule has 0 amide bonds. The van der Waals surface area contributed by atoms with Crippen LogP contribution in [0.1, 0.15) is 27.2 Å². The van der Waals surface area contributed by atoms with Crippen LogP contribution in [0.3, 0.4) is 0 Å². The Hall–Kier alpha value is -3.52. The number of fused-ring (bicyclic) bond motifs is 3. The minimum atomic E-state index is -0.453. The molecule has 1 aromatic heterocycles. The van der Waals surface area contributed by atoms with E-state index in [0.29, 0.717) is 63.7 Å². The first kappa shape index (κ1) is 25.1. The number of hydrogen-bond acceptors (Lipinski definition) is 7. The van der Waals surface area contributed by atoms with Crippen LogP contribution in [0.15, 0.2) is 63.8 Å². The van der Waals surface area contributed by atoms with E-state index in [1.165, 1.54) is 7.11 Å². The van der Waals surface area contributed by atoms with Crippen molar-refractivity contribution in [1.82, 2.24) is 4.90 Å². The van der Waals surface area contributed by atoms with Crippen LogP contribution < -0.4 is 14.9 Å². The van der Waals surface area contributed by atoms with E-state index >= 15 is 0 Å². The lowest BCUT2D eigenvalue weighted by Crippen LogP contribution is -2.33. The molecule has 0 spiro atoms. The van der Waals surface area contributed by atoms with Gasteiger partial charge < -0.3 is 18.6 Å². The summed E-state index contributed by atoms with van der Waals surface area (Å²) in [5.74, 6) is 1.06. The van der Waals surface area contributed by atoms with Crippen LogP contribution >= 0.6 is 23.2 Å². The molecule has 0 N–H and O–H groups in total. The molecule has 0 bridgehead atoms. The van der Waals surface area contributed by atoms with Crippen LogP contribution in [0.25, 0.3) is 11.0 Å². The van der Waals surface area contributed by atoms with Crippen molar-refractivity contribution in [1.29, 1.82) is 0 Å². The Balaban J connectivity index is 1.39. The Labute approximate surface area is 223 Å². The molecule has 1 aliphatic rings. The first-order valence-corrected chi connectivity index (χ1v) is 12.3. The number of aryl methyl sites for hydroxylation is 1. The highest BCUT2D eigenvalue weighted by atomic mass is 35.5. The molecule has 0 aliphatic carbocycles. The van der Waals surface area contributed by atoms with Crippen LogP contribution in [0.5, 0.6) is 17.2 Å². The average molecular weight is 540 g/mol. The zero-order valence-electron chi connectivity index (χ0n) is 20.2. The third-order valence-corrected chi connectivity index (χ3v) is 6.82. The summed E-state index contributed by atoms with van der Waals surface area (Å²) in [6.45, 7) is 3.34. The lowest BCUT2D eigenvalue weighted by Gasteiger charge is -2.29. The van der Waals surface area contributed by atoms with Gasteiger partial charge in [0.15, 0.2) is 0 Å². The minimum Gasteiger partial charge on any atom is -0.478 e. The first-order valence-electron chi connectivity index (χ1n) is 11.6. The Morgan fingerprint density at radius 3 is 2.59 bits per heavy atom. The number of rotatable bonds is 6. The molecule has 2 heterocycles.